The number of nitrogens with zero attached hydrogens (tertiary/aromatic N) is 3. The first-order valence-corrected chi connectivity index (χ1v) is 6.98. The molecule has 0 radical (unpaired) electrons. The summed E-state index contributed by atoms with van der Waals surface area (Å²) in [4.78, 5) is 0.0717. The Kier molecular flexibility index (Phi) is 3.64. The van der Waals surface area contributed by atoms with E-state index >= 15 is 0 Å². The van der Waals surface area contributed by atoms with Gasteiger partial charge in [0.1, 0.15) is 0 Å². The predicted octanol–water partition coefficient (Wildman–Crippen LogP) is 0.770. The lowest BCUT2D eigenvalue weighted by atomic mass is 10.2. The highest BCUT2D eigenvalue weighted by molar-refractivity contribution is 7.89. The zero-order chi connectivity index (χ0) is 13.9. The molecule has 0 fully saturated rings. The molecule has 0 aliphatic rings. The number of benzene rings is 1. The van der Waals surface area contributed by atoms with Gasteiger partial charge in [0, 0.05) is 13.2 Å². The monoisotopic (exact) mass is 276 g/mol. The molecule has 2 aromatic rings. The number of rotatable bonds is 4. The van der Waals surface area contributed by atoms with Gasteiger partial charge in [-0.2, -0.15) is 10.4 Å². The second-order valence-electron chi connectivity index (χ2n) is 3.94. The van der Waals surface area contributed by atoms with E-state index < -0.39 is 10.0 Å². The van der Waals surface area contributed by atoms with Crippen molar-refractivity contribution in [2.24, 2.45) is 7.05 Å². The van der Waals surface area contributed by atoms with E-state index in [1.807, 2.05) is 6.07 Å². The molecule has 0 amide bonds. The van der Waals surface area contributed by atoms with Crippen molar-refractivity contribution in [1.82, 2.24) is 14.5 Å². The highest BCUT2D eigenvalue weighted by Gasteiger charge is 2.14. The number of nitrogens with one attached hydrogen (secondary N) is 1. The fourth-order valence-electron chi connectivity index (χ4n) is 1.54. The van der Waals surface area contributed by atoms with Gasteiger partial charge in [0.15, 0.2) is 0 Å². The average molecular weight is 276 g/mol. The van der Waals surface area contributed by atoms with Crippen molar-refractivity contribution < 1.29 is 8.42 Å². The van der Waals surface area contributed by atoms with Gasteiger partial charge < -0.3 is 0 Å². The van der Waals surface area contributed by atoms with Crippen LogP contribution in [0.2, 0.25) is 0 Å². The number of aromatic nitrogens is 2. The fourth-order valence-corrected chi connectivity index (χ4v) is 2.59. The van der Waals surface area contributed by atoms with E-state index in [9.17, 15) is 8.42 Å². The number of hydrogen-bond acceptors (Lipinski definition) is 4. The normalized spacial score (nSPS) is 11.2. The molecule has 1 aromatic carbocycles. The number of aryl methyl sites for hydroxylation is 1. The van der Waals surface area contributed by atoms with Crippen LogP contribution < -0.4 is 4.72 Å². The molecule has 0 aliphatic heterocycles. The van der Waals surface area contributed by atoms with E-state index in [0.29, 0.717) is 11.3 Å². The van der Waals surface area contributed by atoms with Gasteiger partial charge in [-0.15, -0.1) is 0 Å². The second kappa shape index (κ2) is 5.22. The van der Waals surface area contributed by atoms with Gasteiger partial charge in [-0.3, -0.25) is 4.68 Å². The molecule has 0 saturated carbocycles. The number of hydrogen-bond donors (Lipinski definition) is 1. The van der Waals surface area contributed by atoms with E-state index in [0.717, 1.165) is 0 Å². The third-order valence-corrected chi connectivity index (χ3v) is 3.88. The molecule has 0 saturated heterocycles. The molecule has 0 bridgehead atoms. The highest BCUT2D eigenvalue weighted by atomic mass is 32.2. The summed E-state index contributed by atoms with van der Waals surface area (Å²) in [6.07, 6.45) is 1.74. The zero-order valence-electron chi connectivity index (χ0n) is 10.2. The summed E-state index contributed by atoms with van der Waals surface area (Å²) in [5.41, 5.74) is 0.934. The molecule has 19 heavy (non-hydrogen) atoms. The summed E-state index contributed by atoms with van der Waals surface area (Å²) in [6, 6.07) is 9.51. The van der Waals surface area contributed by atoms with Crippen LogP contribution in [-0.4, -0.2) is 18.2 Å². The van der Waals surface area contributed by atoms with E-state index in [1.165, 1.54) is 18.2 Å². The van der Waals surface area contributed by atoms with Gasteiger partial charge in [-0.1, -0.05) is 6.07 Å². The molecule has 6 nitrogen and oxygen atoms in total. The molecule has 1 N–H and O–H groups in total. The Hall–Kier alpha value is -2.17. The molecular formula is C12H12N4O2S. The SMILES string of the molecule is Cn1ccc(CNS(=O)(=O)c2cccc(C#N)c2)n1. The lowest BCUT2D eigenvalue weighted by molar-refractivity contribution is 0.579. The topological polar surface area (TPSA) is 87.8 Å². The van der Waals surface area contributed by atoms with Crippen LogP contribution in [0.25, 0.3) is 0 Å². The maximum atomic E-state index is 12.0. The van der Waals surface area contributed by atoms with Crippen LogP contribution in [0.3, 0.4) is 0 Å². The van der Waals surface area contributed by atoms with Crippen molar-refractivity contribution in [3.8, 4) is 6.07 Å². The first-order valence-electron chi connectivity index (χ1n) is 5.49. The molecule has 0 spiro atoms. The summed E-state index contributed by atoms with van der Waals surface area (Å²) in [6.45, 7) is 0.111. The molecule has 1 heterocycles. The van der Waals surface area contributed by atoms with Crippen molar-refractivity contribution >= 4 is 10.0 Å². The summed E-state index contributed by atoms with van der Waals surface area (Å²) in [5.74, 6) is 0. The Labute approximate surface area is 111 Å². The Morgan fingerprint density at radius 3 is 2.84 bits per heavy atom. The third kappa shape index (κ3) is 3.19. The van der Waals surface area contributed by atoms with E-state index in [2.05, 4.69) is 9.82 Å². The lowest BCUT2D eigenvalue weighted by Crippen LogP contribution is -2.23. The Morgan fingerprint density at radius 1 is 1.42 bits per heavy atom. The summed E-state index contributed by atoms with van der Waals surface area (Å²) >= 11 is 0. The van der Waals surface area contributed by atoms with Gasteiger partial charge >= 0.3 is 0 Å². The molecule has 1 aromatic heterocycles. The second-order valence-corrected chi connectivity index (χ2v) is 5.71. The van der Waals surface area contributed by atoms with Crippen LogP contribution in [0.15, 0.2) is 41.4 Å². The van der Waals surface area contributed by atoms with E-state index in [1.54, 1.807) is 30.1 Å². The summed E-state index contributed by atoms with van der Waals surface area (Å²) < 4.78 is 28.1. The van der Waals surface area contributed by atoms with Crippen LogP contribution in [0.1, 0.15) is 11.3 Å². The minimum absolute atomic E-state index is 0.0717. The van der Waals surface area contributed by atoms with Gasteiger partial charge in [0.25, 0.3) is 0 Å². The number of nitriles is 1. The van der Waals surface area contributed by atoms with Crippen LogP contribution in [-0.2, 0) is 23.6 Å². The smallest absolute Gasteiger partial charge is 0.240 e. The van der Waals surface area contributed by atoms with Crippen molar-refractivity contribution in [1.29, 1.82) is 5.26 Å². The third-order valence-electron chi connectivity index (χ3n) is 2.49. The van der Waals surface area contributed by atoms with Crippen LogP contribution >= 0.6 is 0 Å². The zero-order valence-corrected chi connectivity index (χ0v) is 11.1. The first kappa shape index (κ1) is 13.3. The molecule has 2 rings (SSSR count). The molecular weight excluding hydrogens is 264 g/mol. The van der Waals surface area contributed by atoms with Crippen molar-refractivity contribution in [3.63, 3.8) is 0 Å². The predicted molar refractivity (Wildman–Crippen MR) is 68.4 cm³/mol. The van der Waals surface area contributed by atoms with E-state index in [4.69, 9.17) is 5.26 Å². The Bertz CT molecular complexity index is 728. The van der Waals surface area contributed by atoms with Gasteiger partial charge in [0.05, 0.1) is 28.8 Å². The maximum Gasteiger partial charge on any atom is 0.240 e. The standard InChI is InChI=1S/C12H12N4O2S/c1-16-6-5-11(15-16)9-14-19(17,18)12-4-2-3-10(7-12)8-13/h2-7,14H,9H2,1H3. The van der Waals surface area contributed by atoms with Gasteiger partial charge in [-0.05, 0) is 24.3 Å². The summed E-state index contributed by atoms with van der Waals surface area (Å²) in [5, 5.41) is 12.8. The molecule has 0 atom stereocenters. The molecule has 0 aliphatic carbocycles. The van der Waals surface area contributed by atoms with Crippen molar-refractivity contribution in [3.05, 3.63) is 47.8 Å². The minimum atomic E-state index is -3.63. The van der Waals surface area contributed by atoms with Crippen LogP contribution in [0.5, 0.6) is 0 Å². The van der Waals surface area contributed by atoms with Gasteiger partial charge in [0.2, 0.25) is 10.0 Å². The fraction of sp³-hybridized carbons (Fsp3) is 0.167. The largest absolute Gasteiger partial charge is 0.276 e. The van der Waals surface area contributed by atoms with Crippen LogP contribution in [0, 0.1) is 11.3 Å². The van der Waals surface area contributed by atoms with Crippen molar-refractivity contribution in [2.45, 2.75) is 11.4 Å². The van der Waals surface area contributed by atoms with E-state index in [-0.39, 0.29) is 11.4 Å². The molecule has 0 unspecified atom stereocenters. The Balaban J connectivity index is 2.16. The summed E-state index contributed by atoms with van der Waals surface area (Å²) in [7, 11) is -1.87. The lowest BCUT2D eigenvalue weighted by Gasteiger charge is -2.05. The first-order chi connectivity index (χ1) is 9.01. The molecule has 98 valence electrons. The molecule has 7 heteroatoms. The maximum absolute atomic E-state index is 12.0. The minimum Gasteiger partial charge on any atom is -0.276 e. The highest BCUT2D eigenvalue weighted by Crippen LogP contribution is 2.11. The average Bonchev–Trinajstić information content (AvgIpc) is 2.82. The Morgan fingerprint density at radius 2 is 2.21 bits per heavy atom. The van der Waals surface area contributed by atoms with Crippen molar-refractivity contribution in [2.75, 3.05) is 0 Å². The van der Waals surface area contributed by atoms with Crippen LogP contribution in [0.4, 0.5) is 0 Å². The quantitative estimate of drug-likeness (QED) is 0.893. The van der Waals surface area contributed by atoms with Gasteiger partial charge in [-0.25, -0.2) is 13.1 Å². The number of sulfonamides is 1.